The van der Waals surface area contributed by atoms with Crippen molar-refractivity contribution in [1.82, 2.24) is 0 Å². The number of fused-ring (bicyclic) bond motifs is 2. The van der Waals surface area contributed by atoms with Crippen molar-refractivity contribution < 1.29 is 24.0 Å². The van der Waals surface area contributed by atoms with Crippen LogP contribution in [0, 0.1) is 12.8 Å². The molecule has 0 bridgehead atoms. The molecule has 2 saturated heterocycles. The number of carbonyl (C=O) groups is 3. The molecule has 0 saturated carbocycles. The minimum atomic E-state index is -0.978. The fourth-order valence-electron chi connectivity index (χ4n) is 5.54. The van der Waals surface area contributed by atoms with Gasteiger partial charge < -0.3 is 4.74 Å². The summed E-state index contributed by atoms with van der Waals surface area (Å²) in [6.45, 7) is 2.01. The zero-order valence-electron chi connectivity index (χ0n) is 20.1. The van der Waals surface area contributed by atoms with Gasteiger partial charge in [-0.15, -0.1) is 11.3 Å². The zero-order valence-corrected chi connectivity index (χ0v) is 20.9. The van der Waals surface area contributed by atoms with Crippen LogP contribution in [0.15, 0.2) is 54.6 Å². The number of ether oxygens (including phenoxy) is 1. The van der Waals surface area contributed by atoms with Crippen LogP contribution in [0.2, 0.25) is 0 Å². The van der Waals surface area contributed by atoms with E-state index >= 15 is 0 Å². The van der Waals surface area contributed by atoms with Crippen molar-refractivity contribution in [1.29, 1.82) is 0 Å². The van der Waals surface area contributed by atoms with Gasteiger partial charge in [0.1, 0.15) is 10.9 Å². The number of nitrogens with zero attached hydrogens (tertiary/aromatic N) is 2. The number of carbonyl (C=O) groups excluding carboxylic acids is 3. The fraction of sp³-hybridized carbons (Fsp3) is 0.321. The number of hydrogen-bond donors (Lipinski definition) is 0. The molecule has 184 valence electrons. The SMILES string of the molecule is COC(=O)c1c(N2C(=O)[C@H]3[C@@H](ON(c4ccccc4)[C@H]3c3ccc(C)cc3)C2=O)sc2c1CCCC2. The summed E-state index contributed by atoms with van der Waals surface area (Å²) in [6, 6.07) is 17.0. The van der Waals surface area contributed by atoms with E-state index in [1.54, 1.807) is 5.06 Å². The summed E-state index contributed by atoms with van der Waals surface area (Å²) >= 11 is 1.36. The van der Waals surface area contributed by atoms with E-state index in [9.17, 15) is 14.4 Å². The van der Waals surface area contributed by atoms with Crippen LogP contribution in [-0.2, 0) is 32.0 Å². The van der Waals surface area contributed by atoms with E-state index < -0.39 is 29.9 Å². The van der Waals surface area contributed by atoms with Gasteiger partial charge in [-0.25, -0.2) is 14.8 Å². The lowest BCUT2D eigenvalue weighted by Crippen LogP contribution is -2.37. The second-order valence-electron chi connectivity index (χ2n) is 9.46. The lowest BCUT2D eigenvalue weighted by atomic mass is 9.90. The number of amides is 2. The Hall–Kier alpha value is -3.49. The van der Waals surface area contributed by atoms with Gasteiger partial charge in [0.25, 0.3) is 5.91 Å². The van der Waals surface area contributed by atoms with Gasteiger partial charge in [0.2, 0.25) is 5.91 Å². The molecule has 0 unspecified atom stereocenters. The largest absolute Gasteiger partial charge is 0.465 e. The quantitative estimate of drug-likeness (QED) is 0.378. The normalized spacial score (nSPS) is 23.1. The van der Waals surface area contributed by atoms with Crippen LogP contribution in [0.1, 0.15) is 50.8 Å². The van der Waals surface area contributed by atoms with Gasteiger partial charge in [-0.1, -0.05) is 48.0 Å². The molecule has 8 heteroatoms. The predicted octanol–water partition coefficient (Wildman–Crippen LogP) is 4.77. The first kappa shape index (κ1) is 22.9. The van der Waals surface area contributed by atoms with Crippen molar-refractivity contribution in [2.24, 2.45) is 5.92 Å². The highest BCUT2D eigenvalue weighted by Gasteiger charge is 2.61. The number of hydrogen-bond acceptors (Lipinski definition) is 7. The molecular formula is C28H26N2O5S. The first-order chi connectivity index (χ1) is 17.5. The van der Waals surface area contributed by atoms with Crippen molar-refractivity contribution in [3.8, 4) is 0 Å². The van der Waals surface area contributed by atoms with Crippen LogP contribution in [-0.4, -0.2) is 31.0 Å². The highest BCUT2D eigenvalue weighted by molar-refractivity contribution is 7.17. The Morgan fingerprint density at radius 1 is 1.00 bits per heavy atom. The molecule has 3 aliphatic rings. The van der Waals surface area contributed by atoms with Gasteiger partial charge in [-0.3, -0.25) is 14.4 Å². The highest BCUT2D eigenvalue weighted by Crippen LogP contribution is 2.50. The molecule has 0 spiro atoms. The molecular weight excluding hydrogens is 476 g/mol. The van der Waals surface area contributed by atoms with Gasteiger partial charge >= 0.3 is 5.97 Å². The van der Waals surface area contributed by atoms with Crippen molar-refractivity contribution in [3.63, 3.8) is 0 Å². The van der Waals surface area contributed by atoms with E-state index in [0.717, 1.165) is 52.9 Å². The molecule has 2 fully saturated rings. The van der Waals surface area contributed by atoms with Crippen molar-refractivity contribution in [2.45, 2.75) is 44.8 Å². The number of rotatable bonds is 4. The minimum Gasteiger partial charge on any atom is -0.465 e. The Bertz CT molecular complexity index is 1350. The summed E-state index contributed by atoms with van der Waals surface area (Å²) in [5, 5.41) is 2.06. The Kier molecular flexibility index (Phi) is 5.65. The monoisotopic (exact) mass is 502 g/mol. The van der Waals surface area contributed by atoms with Crippen LogP contribution < -0.4 is 9.96 Å². The predicted molar refractivity (Wildman–Crippen MR) is 136 cm³/mol. The standard InChI is InChI=1S/C28H26N2O5S/c1-16-12-14-17(15-13-16)23-22-24(35-30(23)18-8-4-3-5-9-18)26(32)29(25(22)31)27-21(28(33)34-2)19-10-6-7-11-20(19)36-27/h3-5,8-9,12-15,22-24H,6-7,10-11H2,1-2H3/t22-,23+,24-/m1/s1. The number of methoxy groups -OCH3 is 1. The number of benzene rings is 2. The topological polar surface area (TPSA) is 76.2 Å². The molecule has 1 aliphatic carbocycles. The molecule has 3 heterocycles. The van der Waals surface area contributed by atoms with Gasteiger partial charge in [0.05, 0.1) is 24.4 Å². The number of aryl methyl sites for hydroxylation is 2. The average molecular weight is 503 g/mol. The van der Waals surface area contributed by atoms with Crippen molar-refractivity contribution >= 4 is 39.8 Å². The summed E-state index contributed by atoms with van der Waals surface area (Å²) in [5.74, 6) is -2.05. The Balaban J connectivity index is 1.45. The second kappa shape index (κ2) is 8.87. The number of para-hydroxylation sites is 1. The van der Waals surface area contributed by atoms with Crippen LogP contribution >= 0.6 is 11.3 Å². The minimum absolute atomic E-state index is 0.349. The van der Waals surface area contributed by atoms with Crippen LogP contribution in [0.3, 0.4) is 0 Å². The summed E-state index contributed by atoms with van der Waals surface area (Å²) in [5.41, 5.74) is 4.02. The first-order valence-electron chi connectivity index (χ1n) is 12.2. The lowest BCUT2D eigenvalue weighted by Gasteiger charge is -2.28. The average Bonchev–Trinajstić information content (AvgIpc) is 3.55. The maximum Gasteiger partial charge on any atom is 0.341 e. The third-order valence-electron chi connectivity index (χ3n) is 7.29. The van der Waals surface area contributed by atoms with Gasteiger partial charge in [-0.2, -0.15) is 0 Å². The number of imide groups is 1. The molecule has 2 aliphatic heterocycles. The molecule has 7 nitrogen and oxygen atoms in total. The molecule has 6 rings (SSSR count). The van der Waals surface area contributed by atoms with E-state index in [0.29, 0.717) is 10.6 Å². The van der Waals surface area contributed by atoms with Crippen molar-refractivity contribution in [3.05, 3.63) is 81.7 Å². The summed E-state index contributed by atoms with van der Waals surface area (Å²) in [4.78, 5) is 49.2. The number of anilines is 2. The Labute approximate surface area is 213 Å². The van der Waals surface area contributed by atoms with E-state index in [2.05, 4.69) is 0 Å². The van der Waals surface area contributed by atoms with Gasteiger partial charge in [0, 0.05) is 4.88 Å². The Morgan fingerprint density at radius 3 is 2.44 bits per heavy atom. The molecule has 1 aromatic heterocycles. The van der Waals surface area contributed by atoms with Crippen LogP contribution in [0.25, 0.3) is 0 Å². The van der Waals surface area contributed by atoms with E-state index in [-0.39, 0.29) is 5.91 Å². The molecule has 3 atom stereocenters. The van der Waals surface area contributed by atoms with E-state index in [4.69, 9.17) is 9.57 Å². The third-order valence-corrected chi connectivity index (χ3v) is 8.57. The molecule has 0 N–H and O–H groups in total. The van der Waals surface area contributed by atoms with Crippen molar-refractivity contribution in [2.75, 3.05) is 17.1 Å². The fourth-order valence-corrected chi connectivity index (χ4v) is 6.92. The number of hydroxylamine groups is 1. The highest BCUT2D eigenvalue weighted by atomic mass is 32.1. The first-order valence-corrected chi connectivity index (χ1v) is 13.0. The summed E-state index contributed by atoms with van der Waals surface area (Å²) < 4.78 is 5.08. The molecule has 2 amide bonds. The number of thiophene rings is 1. The lowest BCUT2D eigenvalue weighted by molar-refractivity contribution is -0.126. The second-order valence-corrected chi connectivity index (χ2v) is 10.5. The Morgan fingerprint density at radius 2 is 1.72 bits per heavy atom. The van der Waals surface area contributed by atoms with Crippen LogP contribution in [0.5, 0.6) is 0 Å². The zero-order chi connectivity index (χ0) is 25.0. The molecule has 36 heavy (non-hydrogen) atoms. The summed E-state index contributed by atoms with van der Waals surface area (Å²) in [6.07, 6.45) is 2.57. The van der Waals surface area contributed by atoms with E-state index in [1.165, 1.54) is 23.3 Å². The third kappa shape index (κ3) is 3.47. The van der Waals surface area contributed by atoms with Gasteiger partial charge in [0.15, 0.2) is 6.10 Å². The summed E-state index contributed by atoms with van der Waals surface area (Å²) in [7, 11) is 1.33. The molecule has 3 aromatic rings. The van der Waals surface area contributed by atoms with Gasteiger partial charge in [-0.05, 0) is 55.9 Å². The maximum absolute atomic E-state index is 14.1. The maximum atomic E-state index is 14.1. The molecule has 2 aromatic carbocycles. The smallest absolute Gasteiger partial charge is 0.341 e. The van der Waals surface area contributed by atoms with Crippen LogP contribution in [0.4, 0.5) is 10.7 Å². The molecule has 0 radical (unpaired) electrons. The van der Waals surface area contributed by atoms with E-state index in [1.807, 2.05) is 61.5 Å². The number of esters is 1.